The molecule has 0 aliphatic rings. The SMILES string of the molecule is O=P(O)(O)NNc1c(Cl)cc(Cl)cc1Cl. The topological polar surface area (TPSA) is 81.6 Å². The largest absolute Gasteiger partial charge is 0.417 e. The molecule has 0 saturated carbocycles. The first-order valence-corrected chi connectivity index (χ1v) is 6.27. The molecule has 0 radical (unpaired) electrons. The Labute approximate surface area is 101 Å². The summed E-state index contributed by atoms with van der Waals surface area (Å²) in [6.07, 6.45) is 0. The average molecular weight is 291 g/mol. The van der Waals surface area contributed by atoms with E-state index in [1.54, 1.807) is 5.20 Å². The summed E-state index contributed by atoms with van der Waals surface area (Å²) in [6, 6.07) is 2.78. The van der Waals surface area contributed by atoms with Crippen molar-refractivity contribution in [1.82, 2.24) is 5.20 Å². The highest BCUT2D eigenvalue weighted by Crippen LogP contribution is 2.35. The van der Waals surface area contributed by atoms with E-state index >= 15 is 0 Å². The maximum Gasteiger partial charge on any atom is 0.417 e. The highest BCUT2D eigenvalue weighted by molar-refractivity contribution is 7.49. The second-order valence-corrected chi connectivity index (χ2v) is 5.09. The zero-order chi connectivity index (χ0) is 11.6. The van der Waals surface area contributed by atoms with Crippen LogP contribution in [-0.4, -0.2) is 9.79 Å². The van der Waals surface area contributed by atoms with Gasteiger partial charge in [-0.1, -0.05) is 34.8 Å². The van der Waals surface area contributed by atoms with Crippen molar-refractivity contribution >= 4 is 48.2 Å². The third-order valence-electron chi connectivity index (χ3n) is 1.33. The fourth-order valence-corrected chi connectivity index (χ4v) is 1.96. The van der Waals surface area contributed by atoms with Gasteiger partial charge in [0.2, 0.25) is 0 Å². The Kier molecular flexibility index (Phi) is 4.26. The van der Waals surface area contributed by atoms with E-state index in [2.05, 4.69) is 5.43 Å². The van der Waals surface area contributed by atoms with E-state index in [-0.39, 0.29) is 15.7 Å². The Balaban J connectivity index is 2.91. The van der Waals surface area contributed by atoms with Crippen LogP contribution in [0.15, 0.2) is 12.1 Å². The third kappa shape index (κ3) is 4.17. The number of nitrogens with one attached hydrogen (secondary N) is 2. The molecule has 0 atom stereocenters. The lowest BCUT2D eigenvalue weighted by Gasteiger charge is -2.12. The molecule has 0 unspecified atom stereocenters. The van der Waals surface area contributed by atoms with Crippen LogP contribution in [0.4, 0.5) is 5.69 Å². The lowest BCUT2D eigenvalue weighted by molar-refractivity contribution is 0.362. The summed E-state index contributed by atoms with van der Waals surface area (Å²) >= 11 is 17.1. The number of hydrogen-bond acceptors (Lipinski definition) is 2. The Morgan fingerprint density at radius 1 is 1.13 bits per heavy atom. The fraction of sp³-hybridized carbons (Fsp3) is 0. The molecule has 84 valence electrons. The summed E-state index contributed by atoms with van der Waals surface area (Å²) in [4.78, 5) is 17.1. The number of hydrogen-bond donors (Lipinski definition) is 4. The summed E-state index contributed by atoms with van der Waals surface area (Å²) in [5.41, 5.74) is 2.36. The second kappa shape index (κ2) is 4.89. The molecular weight excluding hydrogens is 285 g/mol. The molecule has 0 aromatic heterocycles. The predicted octanol–water partition coefficient (Wildman–Crippen LogP) is 2.66. The molecule has 0 spiro atoms. The van der Waals surface area contributed by atoms with Crippen molar-refractivity contribution in [3.63, 3.8) is 0 Å². The minimum absolute atomic E-state index is 0.144. The Bertz CT molecular complexity index is 399. The van der Waals surface area contributed by atoms with Gasteiger partial charge in [0.25, 0.3) is 0 Å². The number of rotatable bonds is 3. The van der Waals surface area contributed by atoms with Crippen LogP contribution in [0.25, 0.3) is 0 Å². The van der Waals surface area contributed by atoms with E-state index in [4.69, 9.17) is 44.6 Å². The Morgan fingerprint density at radius 2 is 1.60 bits per heavy atom. The molecule has 0 heterocycles. The van der Waals surface area contributed by atoms with Crippen molar-refractivity contribution in [2.45, 2.75) is 0 Å². The standard InChI is InChI=1S/C6H6Cl3N2O3P/c7-3-1-4(8)6(5(9)2-3)10-11-15(12,13)14/h1-2,10H,(H3,11,12,13,14). The van der Waals surface area contributed by atoms with Gasteiger partial charge in [0.1, 0.15) is 0 Å². The van der Waals surface area contributed by atoms with E-state index in [0.29, 0.717) is 5.02 Å². The minimum atomic E-state index is -4.39. The van der Waals surface area contributed by atoms with Gasteiger partial charge in [-0.05, 0) is 12.1 Å². The van der Waals surface area contributed by atoms with Crippen molar-refractivity contribution < 1.29 is 14.4 Å². The van der Waals surface area contributed by atoms with Crippen LogP contribution in [0.5, 0.6) is 0 Å². The van der Waals surface area contributed by atoms with Crippen molar-refractivity contribution in [1.29, 1.82) is 0 Å². The lowest BCUT2D eigenvalue weighted by Crippen LogP contribution is -2.18. The first-order valence-electron chi connectivity index (χ1n) is 3.53. The van der Waals surface area contributed by atoms with Gasteiger partial charge in [0.15, 0.2) is 0 Å². The minimum Gasteiger partial charge on any atom is -0.311 e. The predicted molar refractivity (Wildman–Crippen MR) is 60.3 cm³/mol. The number of anilines is 1. The molecule has 0 fully saturated rings. The molecule has 0 amide bonds. The monoisotopic (exact) mass is 290 g/mol. The Morgan fingerprint density at radius 3 is 2.00 bits per heavy atom. The first kappa shape index (κ1) is 13.1. The van der Waals surface area contributed by atoms with Crippen LogP contribution < -0.4 is 10.6 Å². The van der Waals surface area contributed by atoms with E-state index in [0.717, 1.165) is 0 Å². The molecule has 1 rings (SSSR count). The Hall–Kier alpha value is -0.000000000000000167. The van der Waals surface area contributed by atoms with E-state index in [9.17, 15) is 4.57 Å². The normalized spacial score (nSPS) is 11.5. The van der Waals surface area contributed by atoms with E-state index in [1.165, 1.54) is 12.1 Å². The summed E-state index contributed by atoms with van der Waals surface area (Å²) in [5.74, 6) is 0. The van der Waals surface area contributed by atoms with Gasteiger partial charge in [0, 0.05) is 5.02 Å². The van der Waals surface area contributed by atoms with E-state index < -0.39 is 7.75 Å². The van der Waals surface area contributed by atoms with Crippen LogP contribution in [0.3, 0.4) is 0 Å². The maximum absolute atomic E-state index is 10.5. The quantitative estimate of drug-likeness (QED) is 0.508. The van der Waals surface area contributed by atoms with Gasteiger partial charge >= 0.3 is 7.75 Å². The fourth-order valence-electron chi connectivity index (χ4n) is 0.790. The molecule has 9 heteroatoms. The van der Waals surface area contributed by atoms with Crippen molar-refractivity contribution in [2.24, 2.45) is 0 Å². The summed E-state index contributed by atoms with van der Waals surface area (Å²) in [7, 11) is -4.39. The van der Waals surface area contributed by atoms with Crippen molar-refractivity contribution in [3.05, 3.63) is 27.2 Å². The number of benzene rings is 1. The van der Waals surface area contributed by atoms with Gasteiger partial charge in [-0.3, -0.25) is 0 Å². The van der Waals surface area contributed by atoms with Gasteiger partial charge in [-0.15, -0.1) is 5.20 Å². The summed E-state index contributed by atoms with van der Waals surface area (Å²) in [6.45, 7) is 0. The van der Waals surface area contributed by atoms with Crippen LogP contribution in [-0.2, 0) is 4.57 Å². The number of hydrazine groups is 1. The van der Waals surface area contributed by atoms with Crippen LogP contribution in [0.2, 0.25) is 15.1 Å². The zero-order valence-corrected chi connectivity index (χ0v) is 10.2. The van der Waals surface area contributed by atoms with E-state index in [1.807, 2.05) is 0 Å². The van der Waals surface area contributed by atoms with Gasteiger partial charge in [-0.25, -0.2) is 4.57 Å². The molecule has 1 aromatic rings. The smallest absolute Gasteiger partial charge is 0.311 e. The maximum atomic E-state index is 10.5. The summed E-state index contributed by atoms with van der Waals surface area (Å²) in [5, 5.41) is 2.36. The molecular formula is C6H6Cl3N2O3P. The highest BCUT2D eigenvalue weighted by atomic mass is 35.5. The van der Waals surface area contributed by atoms with Crippen LogP contribution in [0.1, 0.15) is 0 Å². The molecule has 0 aliphatic carbocycles. The zero-order valence-electron chi connectivity index (χ0n) is 7.04. The van der Waals surface area contributed by atoms with Crippen molar-refractivity contribution in [3.8, 4) is 0 Å². The molecule has 0 bridgehead atoms. The molecule has 1 aromatic carbocycles. The van der Waals surface area contributed by atoms with Gasteiger partial charge in [-0.2, -0.15) is 0 Å². The molecule has 5 nitrogen and oxygen atoms in total. The van der Waals surface area contributed by atoms with Crippen LogP contribution in [0, 0.1) is 0 Å². The van der Waals surface area contributed by atoms with Gasteiger partial charge in [0.05, 0.1) is 15.7 Å². The van der Waals surface area contributed by atoms with Crippen LogP contribution >= 0.6 is 42.5 Å². The number of halogens is 3. The van der Waals surface area contributed by atoms with Crippen molar-refractivity contribution in [2.75, 3.05) is 5.43 Å². The molecule has 0 aliphatic heterocycles. The molecule has 4 N–H and O–H groups in total. The molecule has 0 saturated heterocycles. The highest BCUT2D eigenvalue weighted by Gasteiger charge is 2.14. The lowest BCUT2D eigenvalue weighted by atomic mass is 10.3. The average Bonchev–Trinajstić information content (AvgIpc) is 1.99. The second-order valence-electron chi connectivity index (χ2n) is 2.53. The molecule has 15 heavy (non-hydrogen) atoms. The summed E-state index contributed by atoms with van der Waals surface area (Å²) < 4.78 is 10.5. The third-order valence-corrected chi connectivity index (χ3v) is 2.55. The van der Waals surface area contributed by atoms with Gasteiger partial charge < -0.3 is 15.2 Å². The first-order chi connectivity index (χ1) is 6.79.